The summed E-state index contributed by atoms with van der Waals surface area (Å²) in [6, 6.07) is 0. The summed E-state index contributed by atoms with van der Waals surface area (Å²) in [6.45, 7) is 10.9. The molecule has 0 aliphatic carbocycles. The molecule has 1 aliphatic rings. The first kappa shape index (κ1) is 15.4. The fourth-order valence-electron chi connectivity index (χ4n) is 2.36. The van der Waals surface area contributed by atoms with Gasteiger partial charge >= 0.3 is 0 Å². The van der Waals surface area contributed by atoms with Gasteiger partial charge in [-0.2, -0.15) is 0 Å². The van der Waals surface area contributed by atoms with E-state index in [9.17, 15) is 4.79 Å². The van der Waals surface area contributed by atoms with Gasteiger partial charge in [-0.05, 0) is 39.9 Å². The fraction of sp³-hybridized carbons (Fsp3) is 0.923. The minimum atomic E-state index is -0.564. The number of likely N-dealkylation sites (N-methyl/N-ethyl adjacent to an activating group) is 2. The van der Waals surface area contributed by atoms with Crippen LogP contribution in [0, 0.1) is 0 Å². The Hall–Kier alpha value is -0.650. The summed E-state index contributed by atoms with van der Waals surface area (Å²) in [6.07, 6.45) is 1.80. The second-order valence-corrected chi connectivity index (χ2v) is 5.33. The largest absolute Gasteiger partial charge is 0.368 e. The molecule has 1 heterocycles. The van der Waals surface area contributed by atoms with Gasteiger partial charge in [0.1, 0.15) is 0 Å². The first-order chi connectivity index (χ1) is 8.51. The number of piperazine rings is 1. The van der Waals surface area contributed by atoms with E-state index in [1.807, 2.05) is 6.92 Å². The van der Waals surface area contributed by atoms with Gasteiger partial charge in [-0.3, -0.25) is 4.79 Å². The summed E-state index contributed by atoms with van der Waals surface area (Å²) in [4.78, 5) is 16.3. The van der Waals surface area contributed by atoms with Gasteiger partial charge in [0, 0.05) is 26.2 Å². The van der Waals surface area contributed by atoms with E-state index in [0.29, 0.717) is 0 Å². The Morgan fingerprint density at radius 3 is 2.28 bits per heavy atom. The maximum atomic E-state index is 11.4. The second-order valence-electron chi connectivity index (χ2n) is 5.33. The van der Waals surface area contributed by atoms with E-state index < -0.39 is 5.54 Å². The van der Waals surface area contributed by atoms with E-state index >= 15 is 0 Å². The number of hydrogen-bond acceptors (Lipinski definition) is 4. The van der Waals surface area contributed by atoms with Crippen molar-refractivity contribution in [3.63, 3.8) is 0 Å². The highest BCUT2D eigenvalue weighted by Crippen LogP contribution is 2.12. The molecule has 3 N–H and O–H groups in total. The molecule has 0 radical (unpaired) electrons. The van der Waals surface area contributed by atoms with E-state index in [1.165, 1.54) is 0 Å². The number of amides is 1. The Balaban J connectivity index is 2.24. The maximum absolute atomic E-state index is 11.4. The summed E-state index contributed by atoms with van der Waals surface area (Å²) in [5, 5.41) is 3.03. The van der Waals surface area contributed by atoms with E-state index in [4.69, 9.17) is 5.73 Å². The molecule has 106 valence electrons. The zero-order valence-corrected chi connectivity index (χ0v) is 12.0. The van der Waals surface area contributed by atoms with Gasteiger partial charge in [-0.1, -0.05) is 6.92 Å². The molecule has 0 saturated carbocycles. The first-order valence-corrected chi connectivity index (χ1v) is 6.95. The molecule has 0 aromatic carbocycles. The minimum absolute atomic E-state index is 0.263. The van der Waals surface area contributed by atoms with Crippen molar-refractivity contribution in [1.29, 1.82) is 0 Å². The zero-order chi connectivity index (χ0) is 13.6. The van der Waals surface area contributed by atoms with E-state index in [1.54, 1.807) is 7.05 Å². The lowest BCUT2D eigenvalue weighted by molar-refractivity contribution is -0.123. The van der Waals surface area contributed by atoms with Crippen LogP contribution < -0.4 is 11.1 Å². The van der Waals surface area contributed by atoms with Gasteiger partial charge in [-0.25, -0.2) is 0 Å². The smallest absolute Gasteiger partial charge is 0.237 e. The van der Waals surface area contributed by atoms with Crippen molar-refractivity contribution in [2.24, 2.45) is 5.73 Å². The fourth-order valence-corrected chi connectivity index (χ4v) is 2.36. The Morgan fingerprint density at radius 1 is 1.28 bits per heavy atom. The number of carbonyl (C=O) groups is 1. The molecular weight excluding hydrogens is 228 g/mol. The van der Waals surface area contributed by atoms with E-state index in [0.717, 1.165) is 52.1 Å². The van der Waals surface area contributed by atoms with Crippen molar-refractivity contribution < 1.29 is 4.79 Å². The molecule has 1 atom stereocenters. The molecule has 1 aliphatic heterocycles. The molecule has 5 heteroatoms. The van der Waals surface area contributed by atoms with Gasteiger partial charge < -0.3 is 20.9 Å². The van der Waals surface area contributed by atoms with Crippen LogP contribution in [0.25, 0.3) is 0 Å². The highest BCUT2D eigenvalue weighted by Gasteiger charge is 2.28. The second kappa shape index (κ2) is 7.07. The lowest BCUT2D eigenvalue weighted by atomic mass is 9.95. The van der Waals surface area contributed by atoms with E-state index in [-0.39, 0.29) is 5.91 Å². The van der Waals surface area contributed by atoms with Crippen LogP contribution in [-0.2, 0) is 4.79 Å². The summed E-state index contributed by atoms with van der Waals surface area (Å²) in [7, 11) is 1.80. The summed E-state index contributed by atoms with van der Waals surface area (Å²) in [5.74, 6) is -0.263. The van der Waals surface area contributed by atoms with Gasteiger partial charge in [0.25, 0.3) is 0 Å². The molecule has 0 aromatic heterocycles. The van der Waals surface area contributed by atoms with Gasteiger partial charge in [0.05, 0.1) is 5.54 Å². The van der Waals surface area contributed by atoms with Crippen LogP contribution in [0.15, 0.2) is 0 Å². The summed E-state index contributed by atoms with van der Waals surface area (Å²) in [5.41, 5.74) is 4.85. The van der Waals surface area contributed by atoms with Gasteiger partial charge in [-0.15, -0.1) is 0 Å². The highest BCUT2D eigenvalue weighted by atomic mass is 16.1. The molecule has 0 aromatic rings. The molecule has 5 nitrogen and oxygen atoms in total. The van der Waals surface area contributed by atoms with Crippen molar-refractivity contribution >= 4 is 5.91 Å². The molecule has 18 heavy (non-hydrogen) atoms. The van der Waals surface area contributed by atoms with Crippen LogP contribution in [-0.4, -0.2) is 67.6 Å². The highest BCUT2D eigenvalue weighted by molar-refractivity contribution is 5.84. The first-order valence-electron chi connectivity index (χ1n) is 6.95. The number of rotatable bonds is 7. The van der Waals surface area contributed by atoms with Gasteiger partial charge in [0.15, 0.2) is 0 Å². The van der Waals surface area contributed by atoms with Crippen LogP contribution in [0.2, 0.25) is 0 Å². The SMILES string of the molecule is CCN1CCN(CCCC(C)(NC)C(N)=O)CC1. The van der Waals surface area contributed by atoms with Crippen molar-refractivity contribution in [3.05, 3.63) is 0 Å². The number of carbonyl (C=O) groups excluding carboxylic acids is 1. The Kier molecular flexibility index (Phi) is 6.05. The molecule has 1 unspecified atom stereocenters. The molecule has 1 fully saturated rings. The number of primary amides is 1. The zero-order valence-electron chi connectivity index (χ0n) is 12.0. The lowest BCUT2D eigenvalue weighted by Gasteiger charge is -2.34. The molecule has 0 spiro atoms. The van der Waals surface area contributed by atoms with Crippen molar-refractivity contribution in [2.75, 3.05) is 46.3 Å². The van der Waals surface area contributed by atoms with Crippen LogP contribution in [0.3, 0.4) is 0 Å². The van der Waals surface area contributed by atoms with Crippen LogP contribution in [0.5, 0.6) is 0 Å². The Labute approximate surface area is 111 Å². The molecule has 0 bridgehead atoms. The number of nitrogens with two attached hydrogens (primary N) is 1. The van der Waals surface area contributed by atoms with Gasteiger partial charge in [0.2, 0.25) is 5.91 Å². The predicted molar refractivity (Wildman–Crippen MR) is 74.4 cm³/mol. The van der Waals surface area contributed by atoms with Crippen LogP contribution in [0.1, 0.15) is 26.7 Å². The van der Waals surface area contributed by atoms with Crippen LogP contribution >= 0.6 is 0 Å². The van der Waals surface area contributed by atoms with Crippen molar-refractivity contribution in [2.45, 2.75) is 32.2 Å². The quantitative estimate of drug-likeness (QED) is 0.666. The molecular formula is C13H28N4O. The average molecular weight is 256 g/mol. The predicted octanol–water partition coefficient (Wildman–Crippen LogP) is -0.132. The molecule has 1 saturated heterocycles. The number of nitrogens with zero attached hydrogens (tertiary/aromatic N) is 2. The van der Waals surface area contributed by atoms with Crippen LogP contribution in [0.4, 0.5) is 0 Å². The Bertz CT molecular complexity index is 264. The number of nitrogens with one attached hydrogen (secondary N) is 1. The molecule has 1 amide bonds. The minimum Gasteiger partial charge on any atom is -0.368 e. The van der Waals surface area contributed by atoms with E-state index in [2.05, 4.69) is 22.0 Å². The third kappa shape index (κ3) is 4.23. The maximum Gasteiger partial charge on any atom is 0.237 e. The lowest BCUT2D eigenvalue weighted by Crippen LogP contribution is -2.52. The monoisotopic (exact) mass is 256 g/mol. The normalized spacial score (nSPS) is 21.7. The number of hydrogen-bond donors (Lipinski definition) is 2. The molecule has 1 rings (SSSR count). The standard InChI is InChI=1S/C13H28N4O/c1-4-16-8-10-17(11-9-16)7-5-6-13(2,15-3)12(14)18/h15H,4-11H2,1-3H3,(H2,14,18). The Morgan fingerprint density at radius 2 is 1.83 bits per heavy atom. The third-order valence-corrected chi connectivity index (χ3v) is 4.16. The van der Waals surface area contributed by atoms with Crippen molar-refractivity contribution in [1.82, 2.24) is 15.1 Å². The topological polar surface area (TPSA) is 61.6 Å². The summed E-state index contributed by atoms with van der Waals surface area (Å²) >= 11 is 0. The van der Waals surface area contributed by atoms with Crippen molar-refractivity contribution in [3.8, 4) is 0 Å². The summed E-state index contributed by atoms with van der Waals surface area (Å²) < 4.78 is 0. The average Bonchev–Trinajstić information content (AvgIpc) is 2.39. The third-order valence-electron chi connectivity index (χ3n) is 4.16.